The predicted octanol–water partition coefficient (Wildman–Crippen LogP) is 1.73. The summed E-state index contributed by atoms with van der Waals surface area (Å²) in [6, 6.07) is 7.37. The summed E-state index contributed by atoms with van der Waals surface area (Å²) in [5.41, 5.74) is 0.543. The second kappa shape index (κ2) is 7.13. The highest BCUT2D eigenvalue weighted by molar-refractivity contribution is 5.83. The molecule has 0 radical (unpaired) electrons. The quantitative estimate of drug-likeness (QED) is 0.857. The van der Waals surface area contributed by atoms with Gasteiger partial charge < -0.3 is 9.64 Å². The summed E-state index contributed by atoms with van der Waals surface area (Å²) in [7, 11) is 0. The Morgan fingerprint density at radius 1 is 1.25 bits per heavy atom. The van der Waals surface area contributed by atoms with Gasteiger partial charge in [0, 0.05) is 25.1 Å². The van der Waals surface area contributed by atoms with Gasteiger partial charge in [-0.05, 0) is 32.8 Å². The number of amides is 1. The molecule has 2 heterocycles. The zero-order valence-electron chi connectivity index (χ0n) is 14.2. The monoisotopic (exact) mass is 329 g/mol. The van der Waals surface area contributed by atoms with E-state index in [2.05, 4.69) is 5.10 Å². The van der Waals surface area contributed by atoms with Gasteiger partial charge in [0.15, 0.2) is 0 Å². The Bertz CT molecular complexity index is 792. The van der Waals surface area contributed by atoms with Gasteiger partial charge in [0.1, 0.15) is 6.54 Å². The van der Waals surface area contributed by atoms with Gasteiger partial charge >= 0.3 is 0 Å². The third-order valence-corrected chi connectivity index (χ3v) is 4.53. The van der Waals surface area contributed by atoms with Crippen LogP contribution in [0.1, 0.15) is 25.5 Å². The number of benzene rings is 1. The number of fused-ring (bicyclic) bond motifs is 1. The lowest BCUT2D eigenvalue weighted by Crippen LogP contribution is -2.43. The zero-order valence-corrected chi connectivity index (χ0v) is 14.2. The standard InChI is InChI=1S/C18H23N3O3/c1-3-24-14-8-10-20(11-9-14)17(22)12-21-18(23)16-7-5-4-6-15(16)13(2)19-21/h4-7,14H,3,8-12H2,1-2H3. The normalized spacial score (nSPS) is 15.8. The van der Waals surface area contributed by atoms with Crippen molar-refractivity contribution < 1.29 is 9.53 Å². The van der Waals surface area contributed by atoms with Crippen LogP contribution in [0.5, 0.6) is 0 Å². The molecule has 3 rings (SSSR count). The highest BCUT2D eigenvalue weighted by Gasteiger charge is 2.23. The van der Waals surface area contributed by atoms with Crippen molar-refractivity contribution in [1.82, 2.24) is 14.7 Å². The first-order valence-electron chi connectivity index (χ1n) is 8.46. The van der Waals surface area contributed by atoms with Crippen molar-refractivity contribution in [1.29, 1.82) is 0 Å². The van der Waals surface area contributed by atoms with Crippen molar-refractivity contribution in [2.24, 2.45) is 0 Å². The van der Waals surface area contributed by atoms with Crippen LogP contribution in [0.25, 0.3) is 10.8 Å². The van der Waals surface area contributed by atoms with Crippen molar-refractivity contribution in [3.8, 4) is 0 Å². The average Bonchev–Trinajstić information content (AvgIpc) is 2.60. The number of carbonyl (C=O) groups excluding carboxylic acids is 1. The van der Waals surface area contributed by atoms with Gasteiger partial charge in [-0.2, -0.15) is 5.10 Å². The first kappa shape index (κ1) is 16.6. The van der Waals surface area contributed by atoms with Crippen LogP contribution in [0.2, 0.25) is 0 Å². The van der Waals surface area contributed by atoms with Crippen LogP contribution in [-0.4, -0.2) is 46.4 Å². The molecule has 2 aromatic rings. The first-order valence-corrected chi connectivity index (χ1v) is 8.46. The highest BCUT2D eigenvalue weighted by Crippen LogP contribution is 2.15. The highest BCUT2D eigenvalue weighted by atomic mass is 16.5. The largest absolute Gasteiger partial charge is 0.378 e. The Hall–Kier alpha value is -2.21. The summed E-state index contributed by atoms with van der Waals surface area (Å²) < 4.78 is 6.89. The number of likely N-dealkylation sites (tertiary alicyclic amines) is 1. The van der Waals surface area contributed by atoms with Crippen molar-refractivity contribution in [2.45, 2.75) is 39.3 Å². The Labute approximate surface area is 141 Å². The third kappa shape index (κ3) is 3.33. The van der Waals surface area contributed by atoms with E-state index in [4.69, 9.17) is 4.74 Å². The fraction of sp³-hybridized carbons (Fsp3) is 0.500. The molecule has 1 fully saturated rings. The number of nitrogens with zero attached hydrogens (tertiary/aromatic N) is 3. The predicted molar refractivity (Wildman–Crippen MR) is 92.0 cm³/mol. The molecule has 0 saturated carbocycles. The molecule has 24 heavy (non-hydrogen) atoms. The number of aromatic nitrogens is 2. The summed E-state index contributed by atoms with van der Waals surface area (Å²) in [5.74, 6) is -0.0609. The van der Waals surface area contributed by atoms with E-state index in [9.17, 15) is 9.59 Å². The Balaban J connectivity index is 1.75. The number of hydrogen-bond acceptors (Lipinski definition) is 4. The second-order valence-corrected chi connectivity index (χ2v) is 6.13. The van der Waals surface area contributed by atoms with Gasteiger partial charge in [0.25, 0.3) is 5.56 Å². The van der Waals surface area contributed by atoms with E-state index >= 15 is 0 Å². The molecular weight excluding hydrogens is 306 g/mol. The molecule has 6 nitrogen and oxygen atoms in total. The topological polar surface area (TPSA) is 64.4 Å². The molecule has 1 aromatic carbocycles. The number of hydrogen-bond donors (Lipinski definition) is 0. The summed E-state index contributed by atoms with van der Waals surface area (Å²) in [6.07, 6.45) is 1.93. The maximum Gasteiger partial charge on any atom is 0.275 e. The van der Waals surface area contributed by atoms with Gasteiger partial charge in [-0.15, -0.1) is 0 Å². The lowest BCUT2D eigenvalue weighted by Gasteiger charge is -2.31. The van der Waals surface area contributed by atoms with Crippen molar-refractivity contribution in [3.63, 3.8) is 0 Å². The van der Waals surface area contributed by atoms with Crippen LogP contribution in [0.4, 0.5) is 0 Å². The molecule has 1 aliphatic heterocycles. The molecule has 1 aromatic heterocycles. The Morgan fingerprint density at radius 3 is 2.58 bits per heavy atom. The number of piperidine rings is 1. The molecule has 128 valence electrons. The number of ether oxygens (including phenoxy) is 1. The number of carbonyl (C=O) groups is 1. The summed E-state index contributed by atoms with van der Waals surface area (Å²) >= 11 is 0. The van der Waals surface area contributed by atoms with Gasteiger partial charge in [-0.3, -0.25) is 9.59 Å². The van der Waals surface area contributed by atoms with Gasteiger partial charge in [0.2, 0.25) is 5.91 Å². The molecule has 6 heteroatoms. The van der Waals surface area contributed by atoms with Crippen molar-refractivity contribution in [2.75, 3.05) is 19.7 Å². The van der Waals surface area contributed by atoms with Crippen LogP contribution >= 0.6 is 0 Å². The van der Waals surface area contributed by atoms with Crippen LogP contribution in [0.15, 0.2) is 29.1 Å². The molecule has 0 unspecified atom stereocenters. The molecule has 0 aliphatic carbocycles. The molecule has 0 N–H and O–H groups in total. The van der Waals surface area contributed by atoms with E-state index in [0.717, 1.165) is 23.9 Å². The second-order valence-electron chi connectivity index (χ2n) is 6.13. The smallest absolute Gasteiger partial charge is 0.275 e. The summed E-state index contributed by atoms with van der Waals surface area (Å²) in [6.45, 7) is 5.88. The first-order chi connectivity index (χ1) is 11.6. The maximum atomic E-state index is 12.5. The van der Waals surface area contributed by atoms with Crippen LogP contribution < -0.4 is 5.56 Å². The van der Waals surface area contributed by atoms with E-state index in [-0.39, 0.29) is 24.1 Å². The molecule has 0 bridgehead atoms. The molecule has 1 amide bonds. The summed E-state index contributed by atoms with van der Waals surface area (Å²) in [4.78, 5) is 26.9. The Kier molecular flexibility index (Phi) is 4.94. The van der Waals surface area contributed by atoms with Crippen molar-refractivity contribution >= 4 is 16.7 Å². The minimum absolute atomic E-state index is 0.0101. The molecule has 0 atom stereocenters. The lowest BCUT2D eigenvalue weighted by molar-refractivity contribution is -0.134. The fourth-order valence-corrected chi connectivity index (χ4v) is 3.25. The van der Waals surface area contributed by atoms with E-state index < -0.39 is 0 Å². The molecule has 1 saturated heterocycles. The molecular formula is C18H23N3O3. The molecule has 0 spiro atoms. The van der Waals surface area contributed by atoms with Gasteiger partial charge in [-0.1, -0.05) is 18.2 Å². The van der Waals surface area contributed by atoms with Crippen molar-refractivity contribution in [3.05, 3.63) is 40.3 Å². The van der Waals surface area contributed by atoms with Crippen LogP contribution in [0, 0.1) is 6.92 Å². The average molecular weight is 329 g/mol. The van der Waals surface area contributed by atoms with E-state index in [1.807, 2.05) is 32.0 Å². The van der Waals surface area contributed by atoms with Crippen LogP contribution in [-0.2, 0) is 16.1 Å². The lowest BCUT2D eigenvalue weighted by atomic mass is 10.1. The van der Waals surface area contributed by atoms with Gasteiger partial charge in [-0.25, -0.2) is 4.68 Å². The molecule has 1 aliphatic rings. The SMILES string of the molecule is CCOC1CCN(C(=O)Cn2nc(C)c3ccccc3c2=O)CC1. The maximum absolute atomic E-state index is 12.5. The Morgan fingerprint density at radius 2 is 1.92 bits per heavy atom. The van der Waals surface area contributed by atoms with Gasteiger partial charge in [0.05, 0.1) is 17.2 Å². The fourth-order valence-electron chi connectivity index (χ4n) is 3.25. The van der Waals surface area contributed by atoms with E-state index in [1.165, 1.54) is 4.68 Å². The minimum Gasteiger partial charge on any atom is -0.378 e. The van der Waals surface area contributed by atoms with E-state index in [1.54, 1.807) is 11.0 Å². The number of rotatable bonds is 4. The van der Waals surface area contributed by atoms with Crippen LogP contribution in [0.3, 0.4) is 0 Å². The third-order valence-electron chi connectivity index (χ3n) is 4.53. The minimum atomic E-state index is -0.214. The zero-order chi connectivity index (χ0) is 17.1. The number of aryl methyl sites for hydroxylation is 1. The summed E-state index contributed by atoms with van der Waals surface area (Å²) in [5, 5.41) is 5.75. The van der Waals surface area contributed by atoms with E-state index in [0.29, 0.717) is 25.1 Å².